The highest BCUT2D eigenvalue weighted by molar-refractivity contribution is 5.76. The first-order valence-corrected chi connectivity index (χ1v) is 3.85. The van der Waals surface area contributed by atoms with Gasteiger partial charge < -0.3 is 0 Å². The first-order valence-electron chi connectivity index (χ1n) is 3.85. The molecular weight excluding hydrogens is 159 g/mol. The molecule has 0 unspecified atom stereocenters. The van der Waals surface area contributed by atoms with Gasteiger partial charge in [-0.2, -0.15) is 5.10 Å². The van der Waals surface area contributed by atoms with Crippen molar-refractivity contribution < 1.29 is 9.18 Å². The van der Waals surface area contributed by atoms with Gasteiger partial charge in [0.25, 0.3) is 0 Å². The number of nitrogens with zero attached hydrogens (tertiary/aromatic N) is 2. The van der Waals surface area contributed by atoms with Crippen molar-refractivity contribution in [3.63, 3.8) is 0 Å². The van der Waals surface area contributed by atoms with Crippen molar-refractivity contribution in [2.45, 2.75) is 18.5 Å². The van der Waals surface area contributed by atoms with Gasteiger partial charge in [0.15, 0.2) is 6.29 Å². The van der Waals surface area contributed by atoms with E-state index in [-0.39, 0.29) is 5.92 Å². The molecule has 4 heteroatoms. The predicted molar refractivity (Wildman–Crippen MR) is 40.8 cm³/mol. The lowest BCUT2D eigenvalue weighted by atomic mass is 10.2. The van der Waals surface area contributed by atoms with Crippen LogP contribution in [0, 0.1) is 0 Å². The lowest BCUT2D eigenvalue weighted by Crippen LogP contribution is -1.99. The van der Waals surface area contributed by atoms with Crippen molar-refractivity contribution in [3.05, 3.63) is 17.5 Å². The molecule has 1 aliphatic rings. The average molecular weight is 168 g/mol. The van der Waals surface area contributed by atoms with Gasteiger partial charge >= 0.3 is 0 Å². The minimum Gasteiger partial charge on any atom is -0.298 e. The number of hydrogen-bond acceptors (Lipinski definition) is 2. The first-order chi connectivity index (χ1) is 5.74. The zero-order valence-corrected chi connectivity index (χ0v) is 6.70. The number of alkyl halides is 1. The molecule has 1 aliphatic carbocycles. The molecule has 0 aliphatic heterocycles. The summed E-state index contributed by atoms with van der Waals surface area (Å²) in [6.07, 6.45) is 1.96. The third-order valence-electron chi connectivity index (χ3n) is 2.21. The third-order valence-corrected chi connectivity index (χ3v) is 2.21. The maximum Gasteiger partial charge on any atom is 0.153 e. The molecule has 12 heavy (non-hydrogen) atoms. The molecule has 64 valence electrons. The van der Waals surface area contributed by atoms with E-state index in [0.29, 0.717) is 12.0 Å². The zero-order chi connectivity index (χ0) is 8.72. The molecule has 3 nitrogen and oxygen atoms in total. The van der Waals surface area contributed by atoms with E-state index in [1.165, 1.54) is 6.20 Å². The van der Waals surface area contributed by atoms with E-state index in [4.69, 9.17) is 0 Å². The zero-order valence-electron chi connectivity index (χ0n) is 6.70. The van der Waals surface area contributed by atoms with Crippen LogP contribution in [0.25, 0.3) is 0 Å². The fourth-order valence-corrected chi connectivity index (χ4v) is 1.46. The second-order valence-electron chi connectivity index (χ2n) is 3.08. The van der Waals surface area contributed by atoms with E-state index in [9.17, 15) is 9.18 Å². The van der Waals surface area contributed by atoms with Gasteiger partial charge in [-0.3, -0.25) is 9.48 Å². The Morgan fingerprint density at radius 2 is 2.50 bits per heavy atom. The quantitative estimate of drug-likeness (QED) is 0.619. The van der Waals surface area contributed by atoms with Gasteiger partial charge in [-0.25, -0.2) is 4.39 Å². The highest BCUT2D eigenvalue weighted by Crippen LogP contribution is 2.44. The summed E-state index contributed by atoms with van der Waals surface area (Å²) < 4.78 is 14.3. The Morgan fingerprint density at radius 1 is 1.83 bits per heavy atom. The van der Waals surface area contributed by atoms with Gasteiger partial charge in [0.05, 0.1) is 17.5 Å². The maximum absolute atomic E-state index is 12.7. The molecule has 0 aromatic carbocycles. The Labute approximate surface area is 69.2 Å². The second-order valence-corrected chi connectivity index (χ2v) is 3.08. The van der Waals surface area contributed by atoms with Crippen LogP contribution in [0.4, 0.5) is 4.39 Å². The summed E-state index contributed by atoms with van der Waals surface area (Å²) >= 11 is 0. The van der Waals surface area contributed by atoms with E-state index in [1.807, 2.05) is 0 Å². The average Bonchev–Trinajstić information content (AvgIpc) is 2.62. The predicted octanol–water partition coefficient (Wildman–Crippen LogP) is 1.06. The Balaban J connectivity index is 2.39. The number of carbonyl (C=O) groups is 1. The van der Waals surface area contributed by atoms with Crippen molar-refractivity contribution in [2.75, 3.05) is 0 Å². The molecule has 1 fully saturated rings. The molecule has 1 heterocycles. The number of carbonyl (C=O) groups excluding carboxylic acids is 1. The molecular formula is C8H9FN2O. The number of aryl methyl sites for hydroxylation is 1. The SMILES string of the molecule is Cn1ncc(C=O)c1[C@@H]1C[C@@H]1F. The molecule has 0 spiro atoms. The van der Waals surface area contributed by atoms with E-state index in [0.717, 1.165) is 12.0 Å². The molecule has 1 saturated carbocycles. The van der Waals surface area contributed by atoms with Gasteiger partial charge in [0.1, 0.15) is 6.17 Å². The molecule has 0 bridgehead atoms. The fourth-order valence-electron chi connectivity index (χ4n) is 1.46. The first kappa shape index (κ1) is 7.46. The van der Waals surface area contributed by atoms with Crippen molar-refractivity contribution in [3.8, 4) is 0 Å². The van der Waals surface area contributed by atoms with Crippen LogP contribution in [-0.4, -0.2) is 22.2 Å². The molecule has 2 rings (SSSR count). The number of rotatable bonds is 2. The van der Waals surface area contributed by atoms with Crippen LogP contribution < -0.4 is 0 Å². The fraction of sp³-hybridized carbons (Fsp3) is 0.500. The van der Waals surface area contributed by atoms with Crippen LogP contribution in [-0.2, 0) is 7.05 Å². The summed E-state index contributed by atoms with van der Waals surface area (Å²) in [5.41, 5.74) is 1.25. The van der Waals surface area contributed by atoms with Gasteiger partial charge in [-0.1, -0.05) is 0 Å². The molecule has 1 aromatic rings. The Morgan fingerprint density at radius 3 is 3.00 bits per heavy atom. The lowest BCUT2D eigenvalue weighted by molar-refractivity contribution is 0.112. The number of aromatic nitrogens is 2. The van der Waals surface area contributed by atoms with E-state index in [1.54, 1.807) is 11.7 Å². The Kier molecular flexibility index (Phi) is 1.49. The van der Waals surface area contributed by atoms with Crippen molar-refractivity contribution in [2.24, 2.45) is 7.05 Å². The molecule has 0 radical (unpaired) electrons. The van der Waals surface area contributed by atoms with Crippen molar-refractivity contribution in [1.29, 1.82) is 0 Å². The van der Waals surface area contributed by atoms with E-state index < -0.39 is 6.17 Å². The van der Waals surface area contributed by atoms with Gasteiger partial charge in [-0.15, -0.1) is 0 Å². The van der Waals surface area contributed by atoms with Crippen molar-refractivity contribution >= 4 is 6.29 Å². The summed E-state index contributed by atoms with van der Waals surface area (Å²) in [6.45, 7) is 0. The van der Waals surface area contributed by atoms with Crippen LogP contribution in [0.1, 0.15) is 28.4 Å². The second kappa shape index (κ2) is 2.40. The minimum atomic E-state index is -0.779. The standard InChI is InChI=1S/C8H9FN2O/c1-11-8(6-2-7(6)9)5(4-12)3-10-11/h3-4,6-7H,2H2,1H3/t6-,7+/m1/s1. The molecule has 1 aromatic heterocycles. The minimum absolute atomic E-state index is 0.0994. The van der Waals surface area contributed by atoms with Crippen molar-refractivity contribution in [1.82, 2.24) is 9.78 Å². The van der Waals surface area contributed by atoms with Gasteiger partial charge in [0.2, 0.25) is 0 Å². The van der Waals surface area contributed by atoms with Crippen LogP contribution in [0.15, 0.2) is 6.20 Å². The monoisotopic (exact) mass is 168 g/mol. The summed E-state index contributed by atoms with van der Waals surface area (Å²) in [5, 5.41) is 3.90. The number of halogens is 1. The lowest BCUT2D eigenvalue weighted by Gasteiger charge is -1.98. The summed E-state index contributed by atoms with van der Waals surface area (Å²) in [7, 11) is 1.73. The summed E-state index contributed by atoms with van der Waals surface area (Å²) in [4.78, 5) is 10.5. The normalized spacial score (nSPS) is 27.2. The smallest absolute Gasteiger partial charge is 0.153 e. The van der Waals surface area contributed by atoms with Crippen LogP contribution in [0.5, 0.6) is 0 Å². The maximum atomic E-state index is 12.7. The third kappa shape index (κ3) is 0.948. The van der Waals surface area contributed by atoms with Crippen LogP contribution >= 0.6 is 0 Å². The van der Waals surface area contributed by atoms with Gasteiger partial charge in [0, 0.05) is 13.0 Å². The van der Waals surface area contributed by atoms with E-state index in [2.05, 4.69) is 5.10 Å². The Bertz CT molecular complexity index is 321. The largest absolute Gasteiger partial charge is 0.298 e. The molecule has 0 saturated heterocycles. The molecule has 0 amide bonds. The highest BCUT2D eigenvalue weighted by Gasteiger charge is 2.42. The van der Waals surface area contributed by atoms with E-state index >= 15 is 0 Å². The molecule has 2 atom stereocenters. The summed E-state index contributed by atoms with van der Waals surface area (Å²) in [6, 6.07) is 0. The van der Waals surface area contributed by atoms with Crippen LogP contribution in [0.2, 0.25) is 0 Å². The summed E-state index contributed by atoms with van der Waals surface area (Å²) in [5.74, 6) is -0.0994. The molecule has 0 N–H and O–H groups in total. The number of hydrogen-bond donors (Lipinski definition) is 0. The Hall–Kier alpha value is -1.19. The van der Waals surface area contributed by atoms with Crippen LogP contribution in [0.3, 0.4) is 0 Å². The highest BCUT2D eigenvalue weighted by atomic mass is 19.1. The van der Waals surface area contributed by atoms with Gasteiger partial charge in [-0.05, 0) is 6.42 Å². The topological polar surface area (TPSA) is 34.9 Å². The number of aldehydes is 1.